The number of aryl methyl sites for hydroxylation is 1. The number of terminal acetylenes is 1. The molecule has 0 saturated heterocycles. The van der Waals surface area contributed by atoms with Gasteiger partial charge in [0.15, 0.2) is 0 Å². The number of methoxy groups -OCH3 is 1. The van der Waals surface area contributed by atoms with Crippen molar-refractivity contribution in [2.24, 2.45) is 0 Å². The summed E-state index contributed by atoms with van der Waals surface area (Å²) >= 11 is 0. The summed E-state index contributed by atoms with van der Waals surface area (Å²) in [4.78, 5) is 11.6. The summed E-state index contributed by atoms with van der Waals surface area (Å²) in [6, 6.07) is 7.15. The number of rotatable bonds is 4. The SMILES string of the molecule is C#CCNC(C(=O)OC)c1ccccc1C. The Balaban J connectivity index is 2.97. The Morgan fingerprint density at radius 1 is 1.56 bits per heavy atom. The maximum atomic E-state index is 11.6. The quantitative estimate of drug-likeness (QED) is 0.612. The minimum atomic E-state index is -0.498. The van der Waals surface area contributed by atoms with Gasteiger partial charge in [-0.1, -0.05) is 30.2 Å². The van der Waals surface area contributed by atoms with E-state index in [0.29, 0.717) is 6.54 Å². The van der Waals surface area contributed by atoms with Crippen molar-refractivity contribution in [2.45, 2.75) is 13.0 Å². The molecule has 0 fully saturated rings. The van der Waals surface area contributed by atoms with E-state index in [1.807, 2.05) is 31.2 Å². The van der Waals surface area contributed by atoms with E-state index in [2.05, 4.69) is 11.2 Å². The van der Waals surface area contributed by atoms with Crippen LogP contribution in [0.2, 0.25) is 0 Å². The molecular formula is C13H15NO2. The zero-order valence-corrected chi connectivity index (χ0v) is 9.49. The summed E-state index contributed by atoms with van der Waals surface area (Å²) in [6.45, 7) is 2.27. The molecule has 1 rings (SSSR count). The first kappa shape index (κ1) is 12.3. The van der Waals surface area contributed by atoms with Gasteiger partial charge in [0.1, 0.15) is 6.04 Å². The summed E-state index contributed by atoms with van der Waals surface area (Å²) < 4.78 is 4.75. The molecule has 1 N–H and O–H groups in total. The van der Waals surface area contributed by atoms with Crippen LogP contribution in [0.1, 0.15) is 17.2 Å². The van der Waals surface area contributed by atoms with Crippen LogP contribution in [-0.2, 0) is 9.53 Å². The fourth-order valence-electron chi connectivity index (χ4n) is 1.51. The van der Waals surface area contributed by atoms with Gasteiger partial charge in [-0.15, -0.1) is 6.42 Å². The summed E-state index contributed by atoms with van der Waals surface area (Å²) in [5.74, 6) is 2.12. The Bertz CT molecular complexity index is 407. The van der Waals surface area contributed by atoms with Crippen LogP contribution < -0.4 is 5.32 Å². The molecule has 0 spiro atoms. The highest BCUT2D eigenvalue weighted by Crippen LogP contribution is 2.18. The molecule has 1 unspecified atom stereocenters. The average molecular weight is 217 g/mol. The van der Waals surface area contributed by atoms with Crippen molar-refractivity contribution in [3.8, 4) is 12.3 Å². The topological polar surface area (TPSA) is 38.3 Å². The minimum Gasteiger partial charge on any atom is -0.468 e. The van der Waals surface area contributed by atoms with Gasteiger partial charge in [-0.2, -0.15) is 0 Å². The van der Waals surface area contributed by atoms with Crippen LogP contribution in [0.5, 0.6) is 0 Å². The molecule has 0 heterocycles. The lowest BCUT2D eigenvalue weighted by Crippen LogP contribution is -2.30. The largest absolute Gasteiger partial charge is 0.468 e. The second-order valence-corrected chi connectivity index (χ2v) is 3.40. The number of benzene rings is 1. The van der Waals surface area contributed by atoms with Crippen molar-refractivity contribution in [2.75, 3.05) is 13.7 Å². The molecule has 1 aromatic rings. The average Bonchev–Trinajstić information content (AvgIpc) is 2.31. The molecule has 0 amide bonds. The van der Waals surface area contributed by atoms with Gasteiger partial charge in [0.05, 0.1) is 13.7 Å². The third-order valence-electron chi connectivity index (χ3n) is 2.34. The normalized spacial score (nSPS) is 11.6. The number of hydrogen-bond donors (Lipinski definition) is 1. The van der Waals surface area contributed by atoms with E-state index < -0.39 is 6.04 Å². The van der Waals surface area contributed by atoms with Gasteiger partial charge in [0, 0.05) is 0 Å². The minimum absolute atomic E-state index is 0.327. The molecule has 0 aliphatic carbocycles. The van der Waals surface area contributed by atoms with Gasteiger partial charge in [-0.25, -0.2) is 4.79 Å². The van der Waals surface area contributed by atoms with Crippen molar-refractivity contribution in [1.29, 1.82) is 0 Å². The summed E-state index contributed by atoms with van der Waals surface area (Å²) in [5.41, 5.74) is 1.92. The first-order valence-electron chi connectivity index (χ1n) is 5.01. The highest BCUT2D eigenvalue weighted by Gasteiger charge is 2.21. The molecule has 3 heteroatoms. The van der Waals surface area contributed by atoms with Gasteiger partial charge in [0.2, 0.25) is 0 Å². The first-order chi connectivity index (χ1) is 7.70. The lowest BCUT2D eigenvalue weighted by molar-refractivity contribution is -0.143. The second-order valence-electron chi connectivity index (χ2n) is 3.40. The predicted octanol–water partition coefficient (Wildman–Crippen LogP) is 1.43. The fourth-order valence-corrected chi connectivity index (χ4v) is 1.51. The predicted molar refractivity (Wildman–Crippen MR) is 62.8 cm³/mol. The van der Waals surface area contributed by atoms with Crippen LogP contribution >= 0.6 is 0 Å². The van der Waals surface area contributed by atoms with Crippen molar-refractivity contribution < 1.29 is 9.53 Å². The van der Waals surface area contributed by atoms with E-state index in [4.69, 9.17) is 11.2 Å². The molecule has 0 aliphatic heterocycles. The number of carbonyl (C=O) groups is 1. The van der Waals surface area contributed by atoms with E-state index in [9.17, 15) is 4.79 Å². The molecule has 16 heavy (non-hydrogen) atoms. The third kappa shape index (κ3) is 2.85. The Labute approximate surface area is 95.8 Å². The number of ether oxygens (including phenoxy) is 1. The summed E-state index contributed by atoms with van der Waals surface area (Å²) in [6.07, 6.45) is 5.17. The number of esters is 1. The van der Waals surface area contributed by atoms with Crippen molar-refractivity contribution in [1.82, 2.24) is 5.32 Å². The van der Waals surface area contributed by atoms with E-state index >= 15 is 0 Å². The Morgan fingerprint density at radius 2 is 2.25 bits per heavy atom. The lowest BCUT2D eigenvalue weighted by atomic mass is 10.0. The number of nitrogens with one attached hydrogen (secondary N) is 1. The third-order valence-corrected chi connectivity index (χ3v) is 2.34. The van der Waals surface area contributed by atoms with Gasteiger partial charge >= 0.3 is 5.97 Å². The molecular weight excluding hydrogens is 202 g/mol. The lowest BCUT2D eigenvalue weighted by Gasteiger charge is -2.17. The maximum Gasteiger partial charge on any atom is 0.327 e. The van der Waals surface area contributed by atoms with Gasteiger partial charge in [-0.05, 0) is 18.1 Å². The van der Waals surface area contributed by atoms with Gasteiger partial charge in [0.25, 0.3) is 0 Å². The first-order valence-corrected chi connectivity index (χ1v) is 5.01. The monoisotopic (exact) mass is 217 g/mol. The molecule has 0 aliphatic rings. The van der Waals surface area contributed by atoms with Crippen LogP contribution in [0, 0.1) is 19.3 Å². The standard InChI is InChI=1S/C13H15NO2/c1-4-9-14-12(13(15)16-3)11-8-6-5-7-10(11)2/h1,5-8,12,14H,9H2,2-3H3. The molecule has 84 valence electrons. The second kappa shape index (κ2) is 5.94. The smallest absolute Gasteiger partial charge is 0.327 e. The van der Waals surface area contributed by atoms with Crippen molar-refractivity contribution >= 4 is 5.97 Å². The summed E-state index contributed by atoms with van der Waals surface area (Å²) in [5, 5.41) is 2.97. The highest BCUT2D eigenvalue weighted by molar-refractivity contribution is 5.78. The van der Waals surface area contributed by atoms with E-state index in [-0.39, 0.29) is 5.97 Å². The molecule has 3 nitrogen and oxygen atoms in total. The van der Waals surface area contributed by atoms with E-state index in [1.54, 1.807) is 0 Å². The number of carbonyl (C=O) groups excluding carboxylic acids is 1. The van der Waals surface area contributed by atoms with Crippen molar-refractivity contribution in [3.63, 3.8) is 0 Å². The van der Waals surface area contributed by atoms with E-state index in [1.165, 1.54) is 7.11 Å². The molecule has 0 bridgehead atoms. The summed E-state index contributed by atoms with van der Waals surface area (Å²) in [7, 11) is 1.37. The molecule has 0 radical (unpaired) electrons. The molecule has 0 aromatic heterocycles. The van der Waals surface area contributed by atoms with Crippen LogP contribution in [0.15, 0.2) is 24.3 Å². The van der Waals surface area contributed by atoms with Gasteiger partial charge in [-0.3, -0.25) is 5.32 Å². The van der Waals surface area contributed by atoms with E-state index in [0.717, 1.165) is 11.1 Å². The van der Waals surface area contributed by atoms with Crippen LogP contribution in [0.25, 0.3) is 0 Å². The Hall–Kier alpha value is -1.79. The molecule has 1 atom stereocenters. The zero-order valence-electron chi connectivity index (χ0n) is 9.49. The van der Waals surface area contributed by atoms with Gasteiger partial charge < -0.3 is 4.74 Å². The van der Waals surface area contributed by atoms with Crippen LogP contribution in [0.3, 0.4) is 0 Å². The fraction of sp³-hybridized carbons (Fsp3) is 0.308. The van der Waals surface area contributed by atoms with Crippen molar-refractivity contribution in [3.05, 3.63) is 35.4 Å². The Morgan fingerprint density at radius 3 is 2.81 bits per heavy atom. The van der Waals surface area contributed by atoms with Crippen LogP contribution in [-0.4, -0.2) is 19.6 Å². The molecule has 1 aromatic carbocycles. The molecule has 0 saturated carbocycles. The Kier molecular flexibility index (Phi) is 4.56. The highest BCUT2D eigenvalue weighted by atomic mass is 16.5. The maximum absolute atomic E-state index is 11.6. The van der Waals surface area contributed by atoms with Crippen LogP contribution in [0.4, 0.5) is 0 Å². The zero-order chi connectivity index (χ0) is 12.0. The number of hydrogen-bond acceptors (Lipinski definition) is 3.